The van der Waals surface area contributed by atoms with Crippen molar-refractivity contribution in [2.24, 2.45) is 5.73 Å². The number of hydrogen-bond acceptors (Lipinski definition) is 6. The van der Waals surface area contributed by atoms with Crippen molar-refractivity contribution in [2.45, 2.75) is 12.8 Å². The molecule has 1 aliphatic heterocycles. The maximum atomic E-state index is 12.2. The monoisotopic (exact) mass is 310 g/mol. The van der Waals surface area contributed by atoms with E-state index in [2.05, 4.69) is 0 Å². The molecule has 1 aromatic heterocycles. The van der Waals surface area contributed by atoms with Gasteiger partial charge in [-0.05, 0) is 13.0 Å². The van der Waals surface area contributed by atoms with Crippen LogP contribution in [0.1, 0.15) is 23.0 Å². The van der Waals surface area contributed by atoms with E-state index in [0.717, 1.165) is 0 Å². The largest absolute Gasteiger partial charge is 0.496 e. The molecule has 2 heterocycles. The van der Waals surface area contributed by atoms with Crippen molar-refractivity contribution in [2.75, 3.05) is 7.11 Å². The van der Waals surface area contributed by atoms with Crippen LogP contribution in [0.5, 0.6) is 11.5 Å². The van der Waals surface area contributed by atoms with Gasteiger partial charge in [0.05, 0.1) is 13.0 Å². The van der Waals surface area contributed by atoms with Crippen molar-refractivity contribution >= 4 is 0 Å². The molecule has 6 nitrogen and oxygen atoms in total. The highest BCUT2D eigenvalue weighted by atomic mass is 16.5. The van der Waals surface area contributed by atoms with E-state index < -0.39 is 5.92 Å². The summed E-state index contributed by atoms with van der Waals surface area (Å²) >= 11 is 0. The molecule has 0 amide bonds. The Morgan fingerprint density at radius 2 is 2.09 bits per heavy atom. The Labute approximate surface area is 132 Å². The Bertz CT molecular complexity index is 906. The minimum absolute atomic E-state index is 0.00278. The average Bonchev–Trinajstić information content (AvgIpc) is 2.54. The van der Waals surface area contributed by atoms with Crippen molar-refractivity contribution < 1.29 is 13.9 Å². The number of hydrogen-bond donors (Lipinski definition) is 1. The predicted molar refractivity (Wildman–Crippen MR) is 82.0 cm³/mol. The highest BCUT2D eigenvalue weighted by Gasteiger charge is 2.36. The van der Waals surface area contributed by atoms with E-state index in [-0.39, 0.29) is 28.4 Å². The first-order valence-electron chi connectivity index (χ1n) is 6.92. The van der Waals surface area contributed by atoms with Gasteiger partial charge in [-0.25, -0.2) is 0 Å². The minimum atomic E-state index is -0.660. The summed E-state index contributed by atoms with van der Waals surface area (Å²) in [5.74, 6) is 0.484. The van der Waals surface area contributed by atoms with Crippen LogP contribution in [0.25, 0.3) is 0 Å². The molecule has 2 aromatic rings. The van der Waals surface area contributed by atoms with Crippen molar-refractivity contribution in [3.05, 3.63) is 69.1 Å². The lowest BCUT2D eigenvalue weighted by atomic mass is 9.87. The summed E-state index contributed by atoms with van der Waals surface area (Å²) in [7, 11) is 1.53. The van der Waals surface area contributed by atoms with E-state index in [0.29, 0.717) is 17.1 Å². The number of fused-ring (bicyclic) bond motifs is 1. The molecular formula is C17H14N2O4. The summed E-state index contributed by atoms with van der Waals surface area (Å²) in [5.41, 5.74) is 6.35. The van der Waals surface area contributed by atoms with Gasteiger partial charge in [-0.15, -0.1) is 0 Å². The van der Waals surface area contributed by atoms with Crippen LogP contribution in [0.15, 0.2) is 51.0 Å². The summed E-state index contributed by atoms with van der Waals surface area (Å²) in [6, 6.07) is 10.6. The SMILES string of the molecule is COc1ccccc1C1C(C#N)=C(N)Oc2c1oc(C)cc2=O. The lowest BCUT2D eigenvalue weighted by Crippen LogP contribution is -2.25. The molecule has 1 aromatic carbocycles. The van der Waals surface area contributed by atoms with Crippen LogP contribution < -0.4 is 20.6 Å². The number of methoxy groups -OCH3 is 1. The molecule has 2 N–H and O–H groups in total. The molecule has 1 atom stereocenters. The summed E-state index contributed by atoms with van der Waals surface area (Å²) in [4.78, 5) is 12.2. The van der Waals surface area contributed by atoms with Crippen LogP contribution in [0.2, 0.25) is 0 Å². The number of allylic oxidation sites excluding steroid dienone is 1. The Hall–Kier alpha value is -3.20. The summed E-state index contributed by atoms with van der Waals surface area (Å²) < 4.78 is 16.4. The first-order valence-corrected chi connectivity index (χ1v) is 6.92. The molecule has 0 radical (unpaired) electrons. The quantitative estimate of drug-likeness (QED) is 0.912. The fourth-order valence-electron chi connectivity index (χ4n) is 2.67. The number of para-hydroxylation sites is 1. The second kappa shape index (κ2) is 5.54. The van der Waals surface area contributed by atoms with Crippen LogP contribution in [-0.2, 0) is 0 Å². The number of nitrogens with two attached hydrogens (primary N) is 1. The van der Waals surface area contributed by atoms with Crippen LogP contribution in [-0.4, -0.2) is 7.11 Å². The second-order valence-electron chi connectivity index (χ2n) is 5.08. The molecule has 0 saturated carbocycles. The van der Waals surface area contributed by atoms with Gasteiger partial charge in [0.2, 0.25) is 17.1 Å². The highest BCUT2D eigenvalue weighted by molar-refractivity contribution is 5.55. The molecule has 1 unspecified atom stereocenters. The number of nitrogens with zero attached hydrogens (tertiary/aromatic N) is 1. The molecule has 0 saturated heterocycles. The van der Waals surface area contributed by atoms with E-state index in [1.165, 1.54) is 13.2 Å². The Balaban J connectivity index is 2.34. The fourth-order valence-corrected chi connectivity index (χ4v) is 2.67. The van der Waals surface area contributed by atoms with Crippen molar-refractivity contribution in [1.82, 2.24) is 0 Å². The summed E-state index contributed by atoms with van der Waals surface area (Å²) in [5, 5.41) is 9.49. The fraction of sp³-hybridized carbons (Fsp3) is 0.176. The number of benzene rings is 1. The molecular weight excluding hydrogens is 296 g/mol. The van der Waals surface area contributed by atoms with Crippen molar-refractivity contribution in [3.63, 3.8) is 0 Å². The molecule has 3 rings (SSSR count). The first kappa shape index (κ1) is 14.7. The predicted octanol–water partition coefficient (Wildman–Crippen LogP) is 2.17. The Kier molecular flexibility index (Phi) is 3.54. The van der Waals surface area contributed by atoms with Gasteiger partial charge >= 0.3 is 0 Å². The molecule has 0 aliphatic carbocycles. The van der Waals surface area contributed by atoms with E-state index in [1.54, 1.807) is 19.1 Å². The number of nitriles is 1. The third-order valence-corrected chi connectivity index (χ3v) is 3.65. The van der Waals surface area contributed by atoms with Crippen LogP contribution in [0.4, 0.5) is 0 Å². The standard InChI is InChI=1S/C17H14N2O4/c1-9-7-12(20)15-16(22-9)14(11(8-18)17(19)23-15)10-5-3-4-6-13(10)21-2/h3-7,14H,19H2,1-2H3. The third kappa shape index (κ3) is 2.32. The molecule has 1 aliphatic rings. The lowest BCUT2D eigenvalue weighted by molar-refractivity contribution is 0.334. The van der Waals surface area contributed by atoms with Gasteiger partial charge in [-0.2, -0.15) is 5.26 Å². The minimum Gasteiger partial charge on any atom is -0.496 e. The van der Waals surface area contributed by atoms with E-state index in [9.17, 15) is 10.1 Å². The zero-order valence-corrected chi connectivity index (χ0v) is 12.6. The van der Waals surface area contributed by atoms with Gasteiger partial charge in [-0.1, -0.05) is 18.2 Å². The molecule has 0 spiro atoms. The van der Waals surface area contributed by atoms with Crippen molar-refractivity contribution in [3.8, 4) is 17.6 Å². The Morgan fingerprint density at radius 3 is 2.78 bits per heavy atom. The summed E-state index contributed by atoms with van der Waals surface area (Å²) in [6.45, 7) is 1.66. The smallest absolute Gasteiger partial charge is 0.228 e. The number of ether oxygens (including phenoxy) is 2. The molecule has 6 heteroatoms. The number of rotatable bonds is 2. The maximum Gasteiger partial charge on any atom is 0.228 e. The normalized spacial score (nSPS) is 16.3. The van der Waals surface area contributed by atoms with Crippen LogP contribution in [0.3, 0.4) is 0 Å². The summed E-state index contributed by atoms with van der Waals surface area (Å²) in [6.07, 6.45) is 0. The molecule has 0 bridgehead atoms. The maximum absolute atomic E-state index is 12.2. The highest BCUT2D eigenvalue weighted by Crippen LogP contribution is 2.43. The third-order valence-electron chi connectivity index (χ3n) is 3.65. The number of aryl methyl sites for hydroxylation is 1. The van der Waals surface area contributed by atoms with Crippen molar-refractivity contribution in [1.29, 1.82) is 5.26 Å². The van der Waals surface area contributed by atoms with Crippen LogP contribution in [0, 0.1) is 18.3 Å². The van der Waals surface area contributed by atoms with Gasteiger partial charge in [0.25, 0.3) is 0 Å². The Morgan fingerprint density at radius 1 is 1.35 bits per heavy atom. The molecule has 0 fully saturated rings. The van der Waals surface area contributed by atoms with E-state index in [1.807, 2.05) is 18.2 Å². The molecule has 23 heavy (non-hydrogen) atoms. The second-order valence-corrected chi connectivity index (χ2v) is 5.08. The topological polar surface area (TPSA) is 98.5 Å². The van der Waals surface area contributed by atoms with Gasteiger partial charge in [0, 0.05) is 11.6 Å². The lowest BCUT2D eigenvalue weighted by Gasteiger charge is -2.25. The van der Waals surface area contributed by atoms with Gasteiger partial charge in [0.15, 0.2) is 5.76 Å². The molecule has 116 valence electrons. The van der Waals surface area contributed by atoms with Gasteiger partial charge < -0.3 is 19.6 Å². The first-order chi connectivity index (χ1) is 11.1. The van der Waals surface area contributed by atoms with Gasteiger partial charge in [0.1, 0.15) is 23.2 Å². The average molecular weight is 310 g/mol. The van der Waals surface area contributed by atoms with E-state index >= 15 is 0 Å². The zero-order chi connectivity index (χ0) is 16.6. The van der Waals surface area contributed by atoms with Gasteiger partial charge in [-0.3, -0.25) is 4.79 Å². The van der Waals surface area contributed by atoms with Crippen LogP contribution >= 0.6 is 0 Å². The van der Waals surface area contributed by atoms with E-state index in [4.69, 9.17) is 19.6 Å². The zero-order valence-electron chi connectivity index (χ0n) is 12.6.